The molecule has 1 aliphatic carbocycles. The second-order valence-corrected chi connectivity index (χ2v) is 6.49. The minimum atomic E-state index is -0.578. The fourth-order valence-electron chi connectivity index (χ4n) is 3.85. The summed E-state index contributed by atoms with van der Waals surface area (Å²) in [7, 11) is 3.12. The Hall–Kier alpha value is -3.29. The number of nitrogens with zero attached hydrogens (tertiary/aromatic N) is 2. The van der Waals surface area contributed by atoms with Gasteiger partial charge in [-0.2, -0.15) is 5.10 Å². The van der Waals surface area contributed by atoms with Gasteiger partial charge >= 0.3 is 0 Å². The zero-order chi connectivity index (χ0) is 19.1. The predicted octanol–water partition coefficient (Wildman–Crippen LogP) is 2.02. The van der Waals surface area contributed by atoms with Crippen molar-refractivity contribution >= 4 is 17.5 Å². The summed E-state index contributed by atoms with van der Waals surface area (Å²) in [5, 5.41) is 7.57. The molecule has 8 nitrogen and oxygen atoms in total. The normalized spacial score (nSPS) is 18.4. The number of carbonyl (C=O) groups is 2. The maximum absolute atomic E-state index is 12.8. The Morgan fingerprint density at radius 1 is 1.30 bits per heavy atom. The molecule has 0 unspecified atom stereocenters. The van der Waals surface area contributed by atoms with Crippen LogP contribution in [0.2, 0.25) is 0 Å². The number of Topliss-reactive ketones (excluding diaryl/α,β-unsaturated/α-hetero) is 1. The van der Waals surface area contributed by atoms with Gasteiger partial charge in [-0.15, -0.1) is 0 Å². The number of nitrogens with one attached hydrogen (secondary N) is 1. The Labute approximate surface area is 155 Å². The molecule has 0 spiro atoms. The van der Waals surface area contributed by atoms with Crippen molar-refractivity contribution in [1.82, 2.24) is 9.78 Å². The molecular formula is C19H20N4O4. The first kappa shape index (κ1) is 17.1. The summed E-state index contributed by atoms with van der Waals surface area (Å²) in [6, 6.07) is 4.98. The zero-order valence-corrected chi connectivity index (χ0v) is 15.1. The summed E-state index contributed by atoms with van der Waals surface area (Å²) in [5.74, 6) is 1.06. The van der Waals surface area contributed by atoms with Crippen molar-refractivity contribution in [1.29, 1.82) is 0 Å². The molecule has 27 heavy (non-hydrogen) atoms. The Morgan fingerprint density at radius 3 is 2.81 bits per heavy atom. The molecule has 1 aromatic carbocycles. The standard InChI is InChI=1S/C19H20N4O4/c1-26-14-8-3-5-10(17(14)27-2)16-15-12(6-4-7-13(15)24)22-19-11(18(20)25)9-21-23(16)19/h3,5,8-9,16,22H,4,6-7H2,1-2H3,(H2,20,25)/t16-/m1/s1. The molecule has 0 saturated carbocycles. The van der Waals surface area contributed by atoms with Crippen molar-refractivity contribution in [2.45, 2.75) is 25.3 Å². The zero-order valence-electron chi connectivity index (χ0n) is 15.1. The van der Waals surface area contributed by atoms with Gasteiger partial charge in [-0.25, -0.2) is 4.68 Å². The predicted molar refractivity (Wildman–Crippen MR) is 97.9 cm³/mol. The van der Waals surface area contributed by atoms with Gasteiger partial charge in [0.15, 0.2) is 17.3 Å². The van der Waals surface area contributed by atoms with Crippen molar-refractivity contribution in [3.63, 3.8) is 0 Å². The van der Waals surface area contributed by atoms with E-state index >= 15 is 0 Å². The average Bonchev–Trinajstić information content (AvgIpc) is 3.09. The highest BCUT2D eigenvalue weighted by molar-refractivity contribution is 6.02. The number of ether oxygens (including phenoxy) is 2. The van der Waals surface area contributed by atoms with E-state index in [1.54, 1.807) is 25.0 Å². The third-order valence-electron chi connectivity index (χ3n) is 5.03. The number of para-hydroxylation sites is 1. The van der Waals surface area contributed by atoms with E-state index in [1.165, 1.54) is 6.20 Å². The van der Waals surface area contributed by atoms with Crippen LogP contribution in [0.3, 0.4) is 0 Å². The molecule has 3 N–H and O–H groups in total. The number of rotatable bonds is 4. The Morgan fingerprint density at radius 2 is 2.11 bits per heavy atom. The van der Waals surface area contributed by atoms with E-state index in [0.717, 1.165) is 17.7 Å². The van der Waals surface area contributed by atoms with Gasteiger partial charge < -0.3 is 20.5 Å². The van der Waals surface area contributed by atoms with Crippen LogP contribution in [0.5, 0.6) is 11.5 Å². The first-order valence-electron chi connectivity index (χ1n) is 8.68. The van der Waals surface area contributed by atoms with E-state index in [0.29, 0.717) is 35.7 Å². The van der Waals surface area contributed by atoms with E-state index in [9.17, 15) is 9.59 Å². The molecule has 4 rings (SSSR count). The second-order valence-electron chi connectivity index (χ2n) is 6.49. The van der Waals surface area contributed by atoms with Gasteiger partial charge in [0, 0.05) is 23.3 Å². The van der Waals surface area contributed by atoms with Crippen molar-refractivity contribution < 1.29 is 19.1 Å². The first-order valence-corrected chi connectivity index (χ1v) is 8.68. The second kappa shape index (κ2) is 6.46. The number of nitrogens with two attached hydrogens (primary N) is 1. The Kier molecular flexibility index (Phi) is 4.10. The maximum atomic E-state index is 12.8. The molecule has 1 atom stereocenters. The lowest BCUT2D eigenvalue weighted by Crippen LogP contribution is -2.32. The summed E-state index contributed by atoms with van der Waals surface area (Å²) >= 11 is 0. The minimum Gasteiger partial charge on any atom is -0.493 e. The molecule has 1 aromatic heterocycles. The summed E-state index contributed by atoms with van der Waals surface area (Å²) in [6.45, 7) is 0. The largest absolute Gasteiger partial charge is 0.493 e. The topological polar surface area (TPSA) is 108 Å². The third-order valence-corrected chi connectivity index (χ3v) is 5.03. The van der Waals surface area contributed by atoms with E-state index in [-0.39, 0.29) is 11.3 Å². The van der Waals surface area contributed by atoms with E-state index in [2.05, 4.69) is 10.4 Å². The number of allylic oxidation sites excluding steroid dienone is 2. The van der Waals surface area contributed by atoms with Crippen molar-refractivity contribution in [2.75, 3.05) is 19.5 Å². The Bertz CT molecular complexity index is 976. The number of fused-ring (bicyclic) bond motifs is 1. The molecule has 0 saturated heterocycles. The van der Waals surface area contributed by atoms with Crippen LogP contribution in [0.25, 0.3) is 0 Å². The number of anilines is 1. The van der Waals surface area contributed by atoms with E-state index in [4.69, 9.17) is 15.2 Å². The quantitative estimate of drug-likeness (QED) is 0.855. The number of hydrogen-bond acceptors (Lipinski definition) is 6. The number of ketones is 1. The minimum absolute atomic E-state index is 0.0559. The lowest BCUT2D eigenvalue weighted by molar-refractivity contribution is -0.116. The molecule has 1 aliphatic heterocycles. The van der Waals surface area contributed by atoms with Crippen LogP contribution in [0.15, 0.2) is 35.7 Å². The molecule has 0 fully saturated rings. The Balaban J connectivity index is 1.99. The summed E-state index contributed by atoms with van der Waals surface area (Å²) in [4.78, 5) is 24.6. The van der Waals surface area contributed by atoms with Crippen LogP contribution in [0.1, 0.15) is 41.2 Å². The van der Waals surface area contributed by atoms with Crippen LogP contribution in [-0.4, -0.2) is 35.7 Å². The smallest absolute Gasteiger partial charge is 0.254 e. The number of amides is 1. The van der Waals surface area contributed by atoms with Gasteiger partial charge in [-0.05, 0) is 18.9 Å². The van der Waals surface area contributed by atoms with Gasteiger partial charge in [0.2, 0.25) is 0 Å². The summed E-state index contributed by atoms with van der Waals surface area (Å²) in [5.41, 5.74) is 7.97. The fraction of sp³-hybridized carbons (Fsp3) is 0.316. The van der Waals surface area contributed by atoms with Gasteiger partial charge in [0.05, 0.1) is 20.4 Å². The third kappa shape index (κ3) is 2.56. The maximum Gasteiger partial charge on any atom is 0.254 e. The molecule has 2 aromatic rings. The van der Waals surface area contributed by atoms with Crippen molar-refractivity contribution in [2.24, 2.45) is 5.73 Å². The van der Waals surface area contributed by atoms with Crippen molar-refractivity contribution in [3.8, 4) is 11.5 Å². The lowest BCUT2D eigenvalue weighted by Gasteiger charge is -2.34. The monoisotopic (exact) mass is 368 g/mol. The fourth-order valence-corrected chi connectivity index (χ4v) is 3.85. The van der Waals surface area contributed by atoms with Gasteiger partial charge in [0.1, 0.15) is 17.4 Å². The molecule has 2 aliphatic rings. The van der Waals surface area contributed by atoms with Crippen LogP contribution in [-0.2, 0) is 4.79 Å². The molecule has 8 heteroatoms. The molecule has 2 heterocycles. The van der Waals surface area contributed by atoms with E-state index < -0.39 is 11.9 Å². The van der Waals surface area contributed by atoms with Crippen molar-refractivity contribution in [3.05, 3.63) is 46.8 Å². The first-order chi connectivity index (χ1) is 13.1. The number of primary amides is 1. The highest BCUT2D eigenvalue weighted by atomic mass is 16.5. The molecule has 0 bridgehead atoms. The SMILES string of the molecule is COc1cccc([C@@H]2C3=C(CCCC3=O)Nc3c(C(N)=O)cnn32)c1OC. The highest BCUT2D eigenvalue weighted by Gasteiger charge is 2.39. The highest BCUT2D eigenvalue weighted by Crippen LogP contribution is 2.46. The molecule has 140 valence electrons. The van der Waals surface area contributed by atoms with Crippen LogP contribution in [0, 0.1) is 0 Å². The van der Waals surface area contributed by atoms with Crippen LogP contribution < -0.4 is 20.5 Å². The summed E-state index contributed by atoms with van der Waals surface area (Å²) in [6.07, 6.45) is 3.37. The summed E-state index contributed by atoms with van der Waals surface area (Å²) < 4.78 is 12.6. The molecular weight excluding hydrogens is 348 g/mol. The number of hydrogen-bond donors (Lipinski definition) is 2. The molecule has 0 radical (unpaired) electrons. The van der Waals surface area contributed by atoms with Gasteiger partial charge in [-0.3, -0.25) is 9.59 Å². The van der Waals surface area contributed by atoms with Gasteiger partial charge in [-0.1, -0.05) is 12.1 Å². The van der Waals surface area contributed by atoms with E-state index in [1.807, 2.05) is 12.1 Å². The number of methoxy groups -OCH3 is 2. The number of benzene rings is 1. The van der Waals surface area contributed by atoms with Crippen LogP contribution in [0.4, 0.5) is 5.82 Å². The lowest BCUT2D eigenvalue weighted by atomic mass is 9.85. The molecule has 1 amide bonds. The van der Waals surface area contributed by atoms with Gasteiger partial charge in [0.25, 0.3) is 5.91 Å². The van der Waals surface area contributed by atoms with Crippen LogP contribution >= 0.6 is 0 Å². The number of carbonyl (C=O) groups excluding carboxylic acids is 2. The average molecular weight is 368 g/mol. The number of aromatic nitrogens is 2.